The Balaban J connectivity index is 2.18. The van der Waals surface area contributed by atoms with E-state index in [0.29, 0.717) is 5.75 Å². The van der Waals surface area contributed by atoms with Gasteiger partial charge in [0.1, 0.15) is 5.75 Å². The van der Waals surface area contributed by atoms with Gasteiger partial charge in [-0.25, -0.2) is 9.97 Å². The third-order valence-electron chi connectivity index (χ3n) is 1.63. The maximum absolute atomic E-state index is 5.56. The van der Waals surface area contributed by atoms with Gasteiger partial charge in [0.2, 0.25) is 5.28 Å². The maximum Gasteiger partial charge on any atom is 0.222 e. The normalized spacial score (nSPS) is 10.0. The van der Waals surface area contributed by atoms with Crippen molar-refractivity contribution in [2.45, 2.75) is 0 Å². The number of rotatable bonds is 2. The van der Waals surface area contributed by atoms with Crippen LogP contribution in [0.1, 0.15) is 0 Å². The zero-order chi connectivity index (χ0) is 10.7. The van der Waals surface area contributed by atoms with E-state index >= 15 is 0 Å². The molecule has 0 atom stereocenters. The van der Waals surface area contributed by atoms with Crippen LogP contribution >= 0.6 is 34.2 Å². The van der Waals surface area contributed by atoms with Gasteiger partial charge in [-0.05, 0) is 52.4 Å². The van der Waals surface area contributed by atoms with E-state index in [1.807, 2.05) is 24.3 Å². The molecule has 1 aromatic heterocycles. The summed E-state index contributed by atoms with van der Waals surface area (Å²) in [5, 5.41) is 0.213. The molecule has 15 heavy (non-hydrogen) atoms. The second-order valence-corrected chi connectivity index (χ2v) is 4.33. The molecule has 0 fully saturated rings. The van der Waals surface area contributed by atoms with Crippen LogP contribution < -0.4 is 4.74 Å². The van der Waals surface area contributed by atoms with Crippen LogP contribution in [0.5, 0.6) is 11.5 Å². The van der Waals surface area contributed by atoms with Gasteiger partial charge in [-0.1, -0.05) is 6.07 Å². The summed E-state index contributed by atoms with van der Waals surface area (Å²) in [5.41, 5.74) is 0. The number of benzene rings is 1. The highest BCUT2D eigenvalue weighted by molar-refractivity contribution is 14.1. The van der Waals surface area contributed by atoms with Crippen LogP contribution in [-0.2, 0) is 0 Å². The summed E-state index contributed by atoms with van der Waals surface area (Å²) in [4.78, 5) is 7.65. The Hall–Kier alpha value is -0.880. The smallest absolute Gasteiger partial charge is 0.222 e. The van der Waals surface area contributed by atoms with Crippen LogP contribution in [0.2, 0.25) is 5.28 Å². The van der Waals surface area contributed by atoms with Gasteiger partial charge >= 0.3 is 0 Å². The highest BCUT2D eigenvalue weighted by Gasteiger charge is 1.98. The summed E-state index contributed by atoms with van der Waals surface area (Å²) in [6.45, 7) is 0. The van der Waals surface area contributed by atoms with Crippen molar-refractivity contribution in [3.8, 4) is 11.5 Å². The molecule has 0 radical (unpaired) electrons. The highest BCUT2D eigenvalue weighted by atomic mass is 127. The SMILES string of the molecule is Clc1ncc(Oc2cccc(I)c2)cn1. The highest BCUT2D eigenvalue weighted by Crippen LogP contribution is 2.21. The van der Waals surface area contributed by atoms with Crippen LogP contribution in [-0.4, -0.2) is 9.97 Å². The zero-order valence-electron chi connectivity index (χ0n) is 7.52. The number of hydrogen-bond donors (Lipinski definition) is 0. The molecule has 0 aliphatic rings. The van der Waals surface area contributed by atoms with E-state index in [2.05, 4.69) is 32.6 Å². The Morgan fingerprint density at radius 3 is 2.53 bits per heavy atom. The molecule has 0 amide bonds. The molecule has 0 aliphatic heterocycles. The van der Waals surface area contributed by atoms with E-state index < -0.39 is 0 Å². The third-order valence-corrected chi connectivity index (χ3v) is 2.49. The molecular formula is C10H6ClIN2O. The Bertz CT molecular complexity index is 461. The largest absolute Gasteiger partial charge is 0.454 e. The van der Waals surface area contributed by atoms with Gasteiger partial charge in [0.15, 0.2) is 5.75 Å². The summed E-state index contributed by atoms with van der Waals surface area (Å²) in [6, 6.07) is 7.71. The summed E-state index contributed by atoms with van der Waals surface area (Å²) < 4.78 is 6.64. The molecule has 2 aromatic rings. The molecule has 1 aromatic carbocycles. The van der Waals surface area contributed by atoms with Crippen molar-refractivity contribution in [3.05, 3.63) is 45.5 Å². The minimum Gasteiger partial charge on any atom is -0.454 e. The molecule has 0 bridgehead atoms. The lowest BCUT2D eigenvalue weighted by atomic mass is 10.3. The van der Waals surface area contributed by atoms with Crippen molar-refractivity contribution in [1.82, 2.24) is 9.97 Å². The topological polar surface area (TPSA) is 35.0 Å². The Morgan fingerprint density at radius 2 is 1.87 bits per heavy atom. The quantitative estimate of drug-likeness (QED) is 0.623. The molecule has 0 saturated heterocycles. The van der Waals surface area contributed by atoms with Gasteiger partial charge in [-0.3, -0.25) is 0 Å². The molecule has 1 heterocycles. The number of ether oxygens (including phenoxy) is 1. The maximum atomic E-state index is 5.56. The zero-order valence-corrected chi connectivity index (χ0v) is 10.4. The summed E-state index contributed by atoms with van der Waals surface area (Å²) in [6.07, 6.45) is 3.07. The third kappa shape index (κ3) is 3.04. The fourth-order valence-electron chi connectivity index (χ4n) is 1.02. The first-order valence-corrected chi connectivity index (χ1v) is 5.61. The van der Waals surface area contributed by atoms with Crippen LogP contribution in [0.25, 0.3) is 0 Å². The molecule has 2 rings (SSSR count). The van der Waals surface area contributed by atoms with E-state index in [1.165, 1.54) is 12.4 Å². The van der Waals surface area contributed by atoms with E-state index in [-0.39, 0.29) is 5.28 Å². The molecule has 0 unspecified atom stereocenters. The van der Waals surface area contributed by atoms with Gasteiger partial charge < -0.3 is 4.74 Å². The first kappa shape index (κ1) is 10.6. The van der Waals surface area contributed by atoms with Crippen molar-refractivity contribution < 1.29 is 4.74 Å². The second kappa shape index (κ2) is 4.76. The first-order valence-electron chi connectivity index (χ1n) is 4.15. The first-order chi connectivity index (χ1) is 7.24. The Morgan fingerprint density at radius 1 is 1.13 bits per heavy atom. The number of halogens is 2. The van der Waals surface area contributed by atoms with Crippen LogP contribution in [0.3, 0.4) is 0 Å². The lowest BCUT2D eigenvalue weighted by Gasteiger charge is -2.04. The molecule has 0 spiro atoms. The molecule has 76 valence electrons. The Labute approximate surface area is 106 Å². The Kier molecular flexibility index (Phi) is 3.37. The number of aromatic nitrogens is 2. The summed E-state index contributed by atoms with van der Waals surface area (Å²) in [7, 11) is 0. The average Bonchev–Trinajstić information content (AvgIpc) is 2.22. The molecule has 0 aliphatic carbocycles. The molecule has 0 saturated carbocycles. The molecule has 3 nitrogen and oxygen atoms in total. The fourth-order valence-corrected chi connectivity index (χ4v) is 1.63. The minimum absolute atomic E-state index is 0.213. The lowest BCUT2D eigenvalue weighted by Crippen LogP contribution is -1.87. The van der Waals surface area contributed by atoms with Crippen molar-refractivity contribution in [3.63, 3.8) is 0 Å². The number of nitrogens with zero attached hydrogens (tertiary/aromatic N) is 2. The van der Waals surface area contributed by atoms with Gasteiger partial charge in [-0.15, -0.1) is 0 Å². The average molecular weight is 333 g/mol. The monoisotopic (exact) mass is 332 g/mol. The fraction of sp³-hybridized carbons (Fsp3) is 0. The van der Waals surface area contributed by atoms with E-state index in [9.17, 15) is 0 Å². The lowest BCUT2D eigenvalue weighted by molar-refractivity contribution is 0.477. The van der Waals surface area contributed by atoms with E-state index in [1.54, 1.807) is 0 Å². The molecule has 5 heteroatoms. The van der Waals surface area contributed by atoms with Gasteiger partial charge in [0, 0.05) is 3.57 Å². The summed E-state index contributed by atoms with van der Waals surface area (Å²) in [5.74, 6) is 1.33. The predicted molar refractivity (Wildman–Crippen MR) is 66.3 cm³/mol. The van der Waals surface area contributed by atoms with E-state index in [4.69, 9.17) is 16.3 Å². The van der Waals surface area contributed by atoms with Gasteiger partial charge in [-0.2, -0.15) is 0 Å². The van der Waals surface area contributed by atoms with Gasteiger partial charge in [0.25, 0.3) is 0 Å². The van der Waals surface area contributed by atoms with Crippen LogP contribution in [0, 0.1) is 3.57 Å². The van der Waals surface area contributed by atoms with Crippen LogP contribution in [0.15, 0.2) is 36.7 Å². The summed E-state index contributed by atoms with van der Waals surface area (Å²) >= 11 is 7.78. The van der Waals surface area contributed by atoms with E-state index in [0.717, 1.165) is 9.32 Å². The van der Waals surface area contributed by atoms with Crippen molar-refractivity contribution in [1.29, 1.82) is 0 Å². The standard InChI is InChI=1S/C10H6ClIN2O/c11-10-13-5-9(6-14-10)15-8-3-1-2-7(12)4-8/h1-6H. The van der Waals surface area contributed by atoms with Crippen molar-refractivity contribution in [2.24, 2.45) is 0 Å². The van der Waals surface area contributed by atoms with Gasteiger partial charge in [0.05, 0.1) is 12.4 Å². The predicted octanol–water partition coefficient (Wildman–Crippen LogP) is 3.53. The van der Waals surface area contributed by atoms with Crippen molar-refractivity contribution in [2.75, 3.05) is 0 Å². The molecular weight excluding hydrogens is 326 g/mol. The minimum atomic E-state index is 0.213. The second-order valence-electron chi connectivity index (χ2n) is 2.75. The van der Waals surface area contributed by atoms with Crippen molar-refractivity contribution >= 4 is 34.2 Å². The van der Waals surface area contributed by atoms with Crippen LogP contribution in [0.4, 0.5) is 0 Å². The molecule has 0 N–H and O–H groups in total. The number of hydrogen-bond acceptors (Lipinski definition) is 3.